The van der Waals surface area contributed by atoms with Gasteiger partial charge in [-0.2, -0.15) is 16.4 Å². The molecule has 1 aliphatic heterocycles. The maximum Gasteiger partial charge on any atom is 0.342 e. The van der Waals surface area contributed by atoms with E-state index in [9.17, 15) is 4.79 Å². The number of nitrogens with zero attached hydrogens (tertiary/aromatic N) is 2. The first-order valence-electron chi connectivity index (χ1n) is 5.55. The second-order valence-electron chi connectivity index (χ2n) is 3.95. The van der Waals surface area contributed by atoms with E-state index in [0.717, 1.165) is 16.8 Å². The fraction of sp³-hybridized carbons (Fsp3) is 0.0769. The van der Waals surface area contributed by atoms with Gasteiger partial charge in [0.1, 0.15) is 0 Å². The van der Waals surface area contributed by atoms with Gasteiger partial charge in [-0.25, -0.2) is 9.80 Å². The van der Waals surface area contributed by atoms with E-state index in [1.54, 1.807) is 17.6 Å². The Morgan fingerprint density at radius 2 is 2.22 bits per heavy atom. The molecule has 2 heterocycles. The van der Waals surface area contributed by atoms with Crippen LogP contribution < -0.4 is 5.32 Å². The van der Waals surface area contributed by atoms with Crippen LogP contribution in [0.25, 0.3) is 0 Å². The van der Waals surface area contributed by atoms with Gasteiger partial charge in [-0.05, 0) is 28.5 Å². The Kier molecular flexibility index (Phi) is 2.82. The zero-order chi connectivity index (χ0) is 12.4. The summed E-state index contributed by atoms with van der Waals surface area (Å²) in [7, 11) is 0. The first-order valence-corrected chi connectivity index (χ1v) is 6.50. The Balaban J connectivity index is 1.81. The number of carbonyl (C=O) groups is 1. The average Bonchev–Trinajstić information content (AvgIpc) is 2.89. The third-order valence-electron chi connectivity index (χ3n) is 2.70. The maximum absolute atomic E-state index is 11.8. The normalized spacial score (nSPS) is 14.7. The number of nitrogens with one attached hydrogen (secondary N) is 1. The number of hydrogen-bond acceptors (Lipinski definition) is 3. The molecular weight excluding hydrogens is 246 g/mol. The van der Waals surface area contributed by atoms with Gasteiger partial charge in [0.25, 0.3) is 0 Å². The van der Waals surface area contributed by atoms with Crippen LogP contribution in [0.2, 0.25) is 0 Å². The molecule has 1 aliphatic rings. The van der Waals surface area contributed by atoms with E-state index in [-0.39, 0.29) is 6.03 Å². The van der Waals surface area contributed by atoms with Crippen LogP contribution in [0.1, 0.15) is 11.1 Å². The van der Waals surface area contributed by atoms with E-state index < -0.39 is 0 Å². The molecule has 5 heteroatoms. The van der Waals surface area contributed by atoms with Crippen LogP contribution >= 0.6 is 11.3 Å². The number of fused-ring (bicyclic) bond motifs is 1. The number of para-hydroxylation sites is 1. The van der Waals surface area contributed by atoms with E-state index in [0.29, 0.717) is 6.54 Å². The lowest BCUT2D eigenvalue weighted by atomic mass is 10.1. The molecule has 0 spiro atoms. The van der Waals surface area contributed by atoms with E-state index in [4.69, 9.17) is 0 Å². The largest absolute Gasteiger partial charge is 0.342 e. The van der Waals surface area contributed by atoms with Crippen molar-refractivity contribution in [3.05, 3.63) is 52.2 Å². The Morgan fingerprint density at radius 1 is 1.33 bits per heavy atom. The van der Waals surface area contributed by atoms with Gasteiger partial charge in [0.15, 0.2) is 0 Å². The minimum Gasteiger partial charge on any atom is -0.306 e. The number of benzene rings is 1. The lowest BCUT2D eigenvalue weighted by Crippen LogP contribution is -2.34. The summed E-state index contributed by atoms with van der Waals surface area (Å²) in [5, 5.41) is 12.4. The summed E-state index contributed by atoms with van der Waals surface area (Å²) in [6.45, 7) is 0.503. The number of thiophene rings is 1. The number of rotatable bonds is 2. The van der Waals surface area contributed by atoms with Crippen molar-refractivity contribution in [2.45, 2.75) is 6.54 Å². The Bertz CT molecular complexity index is 592. The van der Waals surface area contributed by atoms with Crippen LogP contribution in [-0.2, 0) is 6.54 Å². The van der Waals surface area contributed by atoms with Crippen molar-refractivity contribution in [1.29, 1.82) is 0 Å². The molecule has 0 fully saturated rings. The molecule has 0 aliphatic carbocycles. The van der Waals surface area contributed by atoms with E-state index >= 15 is 0 Å². The number of carbonyl (C=O) groups excluding carboxylic acids is 1. The lowest BCUT2D eigenvalue weighted by molar-refractivity contribution is 0.209. The zero-order valence-corrected chi connectivity index (χ0v) is 10.4. The van der Waals surface area contributed by atoms with Gasteiger partial charge in [-0.3, -0.25) is 0 Å². The van der Waals surface area contributed by atoms with Gasteiger partial charge >= 0.3 is 6.03 Å². The molecule has 4 nitrogen and oxygen atoms in total. The van der Waals surface area contributed by atoms with Crippen LogP contribution in [0.15, 0.2) is 46.2 Å². The van der Waals surface area contributed by atoms with Crippen molar-refractivity contribution in [2.75, 3.05) is 5.32 Å². The van der Waals surface area contributed by atoms with Gasteiger partial charge in [-0.1, -0.05) is 18.2 Å². The topological polar surface area (TPSA) is 44.7 Å². The molecule has 0 saturated carbocycles. The quantitative estimate of drug-likeness (QED) is 0.825. The number of anilines is 1. The summed E-state index contributed by atoms with van der Waals surface area (Å²) in [4.78, 5) is 11.8. The predicted molar refractivity (Wildman–Crippen MR) is 72.9 cm³/mol. The molecule has 0 radical (unpaired) electrons. The van der Waals surface area contributed by atoms with Crippen molar-refractivity contribution in [3.8, 4) is 0 Å². The van der Waals surface area contributed by atoms with E-state index in [1.165, 1.54) is 5.01 Å². The summed E-state index contributed by atoms with van der Waals surface area (Å²) in [6, 6.07) is 9.51. The van der Waals surface area contributed by atoms with Crippen molar-refractivity contribution in [3.63, 3.8) is 0 Å². The molecular formula is C13H11N3OS. The summed E-state index contributed by atoms with van der Waals surface area (Å²) < 4.78 is 0. The minimum atomic E-state index is -0.194. The molecule has 18 heavy (non-hydrogen) atoms. The van der Waals surface area contributed by atoms with Crippen LogP contribution in [-0.4, -0.2) is 17.3 Å². The highest BCUT2D eigenvalue weighted by atomic mass is 32.1. The maximum atomic E-state index is 11.8. The van der Waals surface area contributed by atoms with Gasteiger partial charge in [0.05, 0.1) is 12.8 Å². The second-order valence-corrected chi connectivity index (χ2v) is 4.73. The van der Waals surface area contributed by atoms with Crippen LogP contribution in [0.3, 0.4) is 0 Å². The average molecular weight is 257 g/mol. The first-order chi connectivity index (χ1) is 8.83. The summed E-state index contributed by atoms with van der Waals surface area (Å²) in [5.74, 6) is 0. The molecule has 2 amide bonds. The summed E-state index contributed by atoms with van der Waals surface area (Å²) >= 11 is 1.61. The zero-order valence-electron chi connectivity index (χ0n) is 9.54. The van der Waals surface area contributed by atoms with Crippen molar-refractivity contribution >= 4 is 29.3 Å². The minimum absolute atomic E-state index is 0.194. The third kappa shape index (κ3) is 2.12. The molecule has 1 aromatic carbocycles. The Morgan fingerprint density at radius 3 is 3.06 bits per heavy atom. The molecule has 3 rings (SSSR count). The fourth-order valence-corrected chi connectivity index (χ4v) is 2.38. The number of amides is 2. The van der Waals surface area contributed by atoms with Crippen molar-refractivity contribution in [2.24, 2.45) is 5.10 Å². The lowest BCUT2D eigenvalue weighted by Gasteiger charge is -2.25. The molecule has 1 aromatic heterocycles. The van der Waals surface area contributed by atoms with Crippen LogP contribution in [0.5, 0.6) is 0 Å². The molecule has 0 bridgehead atoms. The highest BCUT2D eigenvalue weighted by Gasteiger charge is 2.21. The van der Waals surface area contributed by atoms with Crippen molar-refractivity contribution < 1.29 is 4.79 Å². The van der Waals surface area contributed by atoms with E-state index in [2.05, 4.69) is 10.4 Å². The smallest absolute Gasteiger partial charge is 0.306 e. The highest BCUT2D eigenvalue weighted by molar-refractivity contribution is 7.08. The Hall–Kier alpha value is -2.14. The Labute approximate surface area is 109 Å². The second kappa shape index (κ2) is 4.62. The molecule has 0 unspecified atom stereocenters. The standard InChI is InChI=1S/C13H11N3OS/c17-13-15-12-4-2-1-3-11(12)8-16(13)14-7-10-5-6-18-9-10/h1-7,9H,8H2,(H,15,17)/b14-7+. The molecule has 0 saturated heterocycles. The van der Waals surface area contributed by atoms with Gasteiger partial charge in [0.2, 0.25) is 0 Å². The number of hydrazone groups is 1. The third-order valence-corrected chi connectivity index (χ3v) is 3.40. The SMILES string of the molecule is O=C1Nc2ccccc2CN1/N=C/c1ccsc1. The molecule has 90 valence electrons. The molecule has 1 N–H and O–H groups in total. The van der Waals surface area contributed by atoms with Gasteiger partial charge in [-0.15, -0.1) is 0 Å². The molecule has 0 atom stereocenters. The summed E-state index contributed by atoms with van der Waals surface area (Å²) in [5.41, 5.74) is 2.94. The van der Waals surface area contributed by atoms with E-state index in [1.807, 2.05) is 41.1 Å². The summed E-state index contributed by atoms with van der Waals surface area (Å²) in [6.07, 6.45) is 1.70. The number of urea groups is 1. The van der Waals surface area contributed by atoms with Gasteiger partial charge < -0.3 is 5.32 Å². The van der Waals surface area contributed by atoms with Crippen LogP contribution in [0.4, 0.5) is 10.5 Å². The first kappa shape index (κ1) is 11.0. The van der Waals surface area contributed by atoms with Crippen molar-refractivity contribution in [1.82, 2.24) is 5.01 Å². The number of hydrogen-bond donors (Lipinski definition) is 1. The predicted octanol–water partition coefficient (Wildman–Crippen LogP) is 3.13. The molecule has 2 aromatic rings. The fourth-order valence-electron chi connectivity index (χ4n) is 1.77. The van der Waals surface area contributed by atoms with Crippen LogP contribution in [0, 0.1) is 0 Å². The monoisotopic (exact) mass is 257 g/mol. The van der Waals surface area contributed by atoms with Gasteiger partial charge in [0, 0.05) is 11.3 Å². The highest BCUT2D eigenvalue weighted by Crippen LogP contribution is 2.22.